The van der Waals surface area contributed by atoms with Crippen molar-refractivity contribution in [3.63, 3.8) is 0 Å². The number of anilines is 2. The van der Waals surface area contributed by atoms with Crippen LogP contribution in [0.25, 0.3) is 22.5 Å². The molecule has 1 N–H and O–H groups in total. The first-order chi connectivity index (χ1) is 17.6. The van der Waals surface area contributed by atoms with E-state index in [-0.39, 0.29) is 11.2 Å². The number of nitrogens with zero attached hydrogens (tertiary/aromatic N) is 6. The minimum Gasteiger partial charge on any atom is -0.399 e. The smallest absolute Gasteiger partial charge is 0.399 e. The van der Waals surface area contributed by atoms with Crippen LogP contribution in [0.2, 0.25) is 0 Å². The molecule has 0 bridgehead atoms. The van der Waals surface area contributed by atoms with Crippen molar-refractivity contribution in [2.75, 3.05) is 5.32 Å². The van der Waals surface area contributed by atoms with Gasteiger partial charge in [0.1, 0.15) is 0 Å². The van der Waals surface area contributed by atoms with Gasteiger partial charge in [0.2, 0.25) is 5.95 Å². The monoisotopic (exact) mass is 497 g/mol. The summed E-state index contributed by atoms with van der Waals surface area (Å²) in [5, 5.41) is 12.6. The highest BCUT2D eigenvalue weighted by Gasteiger charge is 2.51. The second kappa shape index (κ2) is 8.53. The Hall–Kier alpha value is -3.50. The molecule has 4 heterocycles. The van der Waals surface area contributed by atoms with Gasteiger partial charge in [0.05, 0.1) is 28.3 Å². The molecule has 0 atom stereocenters. The second-order valence-electron chi connectivity index (χ2n) is 10.8. The summed E-state index contributed by atoms with van der Waals surface area (Å²) in [6.07, 6.45) is 5.58. The Morgan fingerprint density at radius 3 is 2.41 bits per heavy atom. The van der Waals surface area contributed by atoms with Crippen LogP contribution >= 0.6 is 0 Å². The highest BCUT2D eigenvalue weighted by Crippen LogP contribution is 2.40. The lowest BCUT2D eigenvalue weighted by Gasteiger charge is -2.32. The average molecular weight is 497 g/mol. The molecule has 1 saturated heterocycles. The summed E-state index contributed by atoms with van der Waals surface area (Å²) >= 11 is 0. The van der Waals surface area contributed by atoms with Crippen molar-refractivity contribution in [2.24, 2.45) is 7.05 Å². The van der Waals surface area contributed by atoms with Crippen LogP contribution in [-0.4, -0.2) is 47.8 Å². The van der Waals surface area contributed by atoms with Crippen LogP contribution in [-0.2, 0) is 35.7 Å². The number of hydrogen-bond acceptors (Lipinski definition) is 7. The first-order valence-electron chi connectivity index (χ1n) is 12.8. The molecule has 1 aliphatic carbocycles. The fourth-order valence-corrected chi connectivity index (χ4v) is 4.95. The standard InChI is InChI=1S/C27H32BN7O2/c1-7-35-15-14-21(33-35)30-25-29-16-18-10-13-20-22(23(18)31-25)24(34(6)32-20)17-8-11-19(12-9-17)28-36-26(2,3)27(4,5)37-28/h8-9,11-12,14-16H,7,10,13H2,1-6H3,(H,29,30,31,33). The van der Waals surface area contributed by atoms with Crippen LogP contribution in [0.15, 0.2) is 42.7 Å². The predicted octanol–water partition coefficient (Wildman–Crippen LogP) is 3.90. The fraction of sp³-hybridized carbons (Fsp3) is 0.407. The molecule has 2 aliphatic rings. The van der Waals surface area contributed by atoms with E-state index in [0.717, 1.165) is 64.4 Å². The molecule has 0 unspecified atom stereocenters. The van der Waals surface area contributed by atoms with E-state index in [1.165, 1.54) is 0 Å². The molecule has 0 amide bonds. The lowest BCUT2D eigenvalue weighted by atomic mass is 9.78. The SMILES string of the molecule is CCn1ccc(Nc2ncc3c(n2)-c2c(nn(C)c2-c2ccc(B4OC(C)(C)C(C)(C)O4)cc2)CC3)n1. The highest BCUT2D eigenvalue weighted by molar-refractivity contribution is 6.62. The van der Waals surface area contributed by atoms with Gasteiger partial charge in [-0.05, 0) is 58.5 Å². The Kier molecular flexibility index (Phi) is 5.50. The maximum atomic E-state index is 6.24. The number of fused-ring (bicyclic) bond motifs is 3. The molecule has 4 aromatic rings. The summed E-state index contributed by atoms with van der Waals surface area (Å²) in [6, 6.07) is 10.3. The van der Waals surface area contributed by atoms with E-state index in [1.807, 2.05) is 34.9 Å². The van der Waals surface area contributed by atoms with Gasteiger partial charge in [-0.2, -0.15) is 10.2 Å². The van der Waals surface area contributed by atoms with Crippen LogP contribution in [0.1, 0.15) is 45.9 Å². The summed E-state index contributed by atoms with van der Waals surface area (Å²) < 4.78 is 16.3. The van der Waals surface area contributed by atoms with Crippen LogP contribution < -0.4 is 10.8 Å². The molecular formula is C27H32BN7O2. The molecule has 1 fully saturated rings. The Balaban J connectivity index is 1.34. The molecule has 1 aliphatic heterocycles. The Morgan fingerprint density at radius 2 is 1.73 bits per heavy atom. The van der Waals surface area contributed by atoms with Crippen molar-refractivity contribution < 1.29 is 9.31 Å². The maximum absolute atomic E-state index is 6.24. The molecule has 37 heavy (non-hydrogen) atoms. The van der Waals surface area contributed by atoms with Gasteiger partial charge in [-0.3, -0.25) is 9.36 Å². The van der Waals surface area contributed by atoms with Crippen molar-refractivity contribution in [2.45, 2.75) is 65.2 Å². The van der Waals surface area contributed by atoms with E-state index in [0.29, 0.717) is 5.95 Å². The van der Waals surface area contributed by atoms with E-state index in [1.54, 1.807) is 0 Å². The van der Waals surface area contributed by atoms with E-state index in [4.69, 9.17) is 19.4 Å². The molecule has 1 aromatic carbocycles. The van der Waals surface area contributed by atoms with Crippen molar-refractivity contribution in [1.82, 2.24) is 29.5 Å². The minimum atomic E-state index is -0.391. The summed E-state index contributed by atoms with van der Waals surface area (Å²) in [7, 11) is 1.60. The second-order valence-corrected chi connectivity index (χ2v) is 10.8. The van der Waals surface area contributed by atoms with E-state index in [2.05, 4.69) is 74.3 Å². The average Bonchev–Trinajstić information content (AvgIpc) is 3.52. The Morgan fingerprint density at radius 1 is 1.00 bits per heavy atom. The van der Waals surface area contributed by atoms with Crippen LogP contribution in [0.4, 0.5) is 11.8 Å². The van der Waals surface area contributed by atoms with Gasteiger partial charge in [0, 0.05) is 43.2 Å². The Bertz CT molecular complexity index is 1460. The van der Waals surface area contributed by atoms with E-state index < -0.39 is 7.12 Å². The topological polar surface area (TPSA) is 91.9 Å². The zero-order chi connectivity index (χ0) is 25.9. The molecule has 190 valence electrons. The van der Waals surface area contributed by atoms with Gasteiger partial charge in [0.25, 0.3) is 0 Å². The molecule has 0 radical (unpaired) electrons. The van der Waals surface area contributed by atoms with Gasteiger partial charge >= 0.3 is 7.12 Å². The molecule has 10 heteroatoms. The quantitative estimate of drug-likeness (QED) is 0.418. The van der Waals surface area contributed by atoms with Crippen LogP contribution in [0, 0.1) is 0 Å². The Labute approximate surface area is 217 Å². The van der Waals surface area contributed by atoms with Crippen molar-refractivity contribution in [1.29, 1.82) is 0 Å². The van der Waals surface area contributed by atoms with Crippen molar-refractivity contribution >= 4 is 24.3 Å². The molecular weight excluding hydrogens is 465 g/mol. The third-order valence-electron chi connectivity index (χ3n) is 7.77. The van der Waals surface area contributed by atoms with Gasteiger partial charge in [-0.25, -0.2) is 9.97 Å². The predicted molar refractivity (Wildman–Crippen MR) is 144 cm³/mol. The lowest BCUT2D eigenvalue weighted by molar-refractivity contribution is 0.00578. The molecule has 6 rings (SSSR count). The fourth-order valence-electron chi connectivity index (χ4n) is 4.95. The van der Waals surface area contributed by atoms with Gasteiger partial charge in [-0.1, -0.05) is 24.3 Å². The number of aromatic nitrogens is 6. The maximum Gasteiger partial charge on any atom is 0.494 e. The van der Waals surface area contributed by atoms with Crippen LogP contribution in [0.5, 0.6) is 0 Å². The van der Waals surface area contributed by atoms with Gasteiger partial charge < -0.3 is 14.6 Å². The highest BCUT2D eigenvalue weighted by atomic mass is 16.7. The summed E-state index contributed by atoms with van der Waals surface area (Å²) in [4.78, 5) is 9.49. The van der Waals surface area contributed by atoms with Crippen molar-refractivity contribution in [3.8, 4) is 22.5 Å². The number of rotatable bonds is 5. The first-order valence-corrected chi connectivity index (χ1v) is 12.8. The minimum absolute atomic E-state index is 0.374. The largest absolute Gasteiger partial charge is 0.494 e. The third-order valence-corrected chi connectivity index (χ3v) is 7.77. The number of aryl methyl sites for hydroxylation is 4. The van der Waals surface area contributed by atoms with E-state index >= 15 is 0 Å². The van der Waals surface area contributed by atoms with Gasteiger partial charge in [-0.15, -0.1) is 0 Å². The molecule has 3 aromatic heterocycles. The van der Waals surface area contributed by atoms with Crippen LogP contribution in [0.3, 0.4) is 0 Å². The van der Waals surface area contributed by atoms with Gasteiger partial charge in [0.15, 0.2) is 5.82 Å². The summed E-state index contributed by atoms with van der Waals surface area (Å²) in [5.74, 6) is 1.25. The zero-order valence-electron chi connectivity index (χ0n) is 22.2. The normalized spacial score (nSPS) is 17.5. The lowest BCUT2D eigenvalue weighted by Crippen LogP contribution is -2.41. The van der Waals surface area contributed by atoms with Crippen molar-refractivity contribution in [3.05, 3.63) is 54.0 Å². The first kappa shape index (κ1) is 23.9. The molecule has 9 nitrogen and oxygen atoms in total. The third kappa shape index (κ3) is 4.04. The molecule has 0 spiro atoms. The number of hydrogen-bond donors (Lipinski definition) is 1. The number of nitrogens with one attached hydrogen (secondary N) is 1. The number of benzene rings is 1. The van der Waals surface area contributed by atoms with E-state index in [9.17, 15) is 0 Å². The summed E-state index contributed by atoms with van der Waals surface area (Å²) in [5.41, 5.74) is 6.53. The summed E-state index contributed by atoms with van der Waals surface area (Å²) in [6.45, 7) is 11.1. The zero-order valence-corrected chi connectivity index (χ0v) is 22.2. The molecule has 0 saturated carbocycles.